The molecule has 5 heteroatoms. The summed E-state index contributed by atoms with van der Waals surface area (Å²) in [5, 5.41) is 5.31. The van der Waals surface area contributed by atoms with Gasteiger partial charge in [-0.15, -0.1) is 11.3 Å². The minimum absolute atomic E-state index is 0.323. The molecule has 0 saturated heterocycles. The van der Waals surface area contributed by atoms with Gasteiger partial charge in [0.25, 0.3) is 0 Å². The molecule has 1 aromatic heterocycles. The lowest BCUT2D eigenvalue weighted by molar-refractivity contribution is 0.100. The minimum atomic E-state index is -0.349. The standard InChI is InChI=1S/C13H22N2OS2/c1-4-13(5-2,17-3)9-15-7-11-6-10(8-18-11)12(14)16/h6,8,15H,4-5,7,9H2,1-3H3,(H2,14,16). The SMILES string of the molecule is CCC(CC)(CNCc1cc(C(N)=O)cs1)SC. The van der Waals surface area contributed by atoms with E-state index in [1.54, 1.807) is 11.3 Å². The average Bonchev–Trinajstić information content (AvgIpc) is 2.84. The van der Waals surface area contributed by atoms with Gasteiger partial charge in [0.2, 0.25) is 5.91 Å². The van der Waals surface area contributed by atoms with Crippen LogP contribution in [0.25, 0.3) is 0 Å². The summed E-state index contributed by atoms with van der Waals surface area (Å²) in [5.74, 6) is -0.349. The van der Waals surface area contributed by atoms with Crippen LogP contribution in [0.15, 0.2) is 11.4 Å². The van der Waals surface area contributed by atoms with Crippen molar-refractivity contribution in [3.63, 3.8) is 0 Å². The zero-order valence-corrected chi connectivity index (χ0v) is 12.9. The minimum Gasteiger partial charge on any atom is -0.366 e. The highest BCUT2D eigenvalue weighted by Crippen LogP contribution is 2.29. The van der Waals surface area contributed by atoms with Crippen molar-refractivity contribution in [1.29, 1.82) is 0 Å². The van der Waals surface area contributed by atoms with Gasteiger partial charge in [-0.1, -0.05) is 13.8 Å². The smallest absolute Gasteiger partial charge is 0.249 e. The normalized spacial score (nSPS) is 11.7. The third kappa shape index (κ3) is 4.00. The molecule has 1 rings (SSSR count). The van der Waals surface area contributed by atoms with Crippen LogP contribution in [0.2, 0.25) is 0 Å². The number of amides is 1. The molecule has 0 aliphatic heterocycles. The lowest BCUT2D eigenvalue weighted by Crippen LogP contribution is -2.36. The van der Waals surface area contributed by atoms with Crippen LogP contribution >= 0.6 is 23.1 Å². The third-order valence-electron chi connectivity index (χ3n) is 3.41. The predicted molar refractivity (Wildman–Crippen MR) is 81.4 cm³/mol. The van der Waals surface area contributed by atoms with Crippen molar-refractivity contribution < 1.29 is 4.79 Å². The van der Waals surface area contributed by atoms with Crippen molar-refractivity contribution in [2.45, 2.75) is 38.0 Å². The Morgan fingerprint density at radius 3 is 2.61 bits per heavy atom. The van der Waals surface area contributed by atoms with Gasteiger partial charge >= 0.3 is 0 Å². The molecule has 1 amide bonds. The second-order valence-corrected chi connectivity index (χ2v) is 6.63. The van der Waals surface area contributed by atoms with Crippen LogP contribution in [0.3, 0.4) is 0 Å². The number of thioether (sulfide) groups is 1. The Morgan fingerprint density at radius 2 is 2.17 bits per heavy atom. The zero-order chi connectivity index (χ0) is 13.6. The van der Waals surface area contributed by atoms with Crippen molar-refractivity contribution in [3.05, 3.63) is 21.9 Å². The lowest BCUT2D eigenvalue weighted by atomic mass is 10.0. The maximum absolute atomic E-state index is 11.0. The van der Waals surface area contributed by atoms with E-state index in [0.717, 1.165) is 30.8 Å². The summed E-state index contributed by atoms with van der Waals surface area (Å²) in [7, 11) is 0. The monoisotopic (exact) mass is 286 g/mol. The van der Waals surface area contributed by atoms with Crippen molar-refractivity contribution in [2.24, 2.45) is 5.73 Å². The Kier molecular flexibility index (Phi) is 6.18. The molecule has 1 aromatic rings. The predicted octanol–water partition coefficient (Wildman–Crippen LogP) is 2.86. The summed E-state index contributed by atoms with van der Waals surface area (Å²) in [5.41, 5.74) is 5.84. The Balaban J connectivity index is 2.47. The number of nitrogens with two attached hydrogens (primary N) is 1. The molecule has 3 N–H and O–H groups in total. The molecule has 0 saturated carbocycles. The molecule has 0 spiro atoms. The van der Waals surface area contributed by atoms with Crippen LogP contribution in [0.5, 0.6) is 0 Å². The van der Waals surface area contributed by atoms with E-state index >= 15 is 0 Å². The van der Waals surface area contributed by atoms with Crippen LogP contribution < -0.4 is 11.1 Å². The van der Waals surface area contributed by atoms with Crippen molar-refractivity contribution in [2.75, 3.05) is 12.8 Å². The van der Waals surface area contributed by atoms with E-state index in [1.807, 2.05) is 23.2 Å². The van der Waals surface area contributed by atoms with E-state index in [0.29, 0.717) is 10.3 Å². The lowest BCUT2D eigenvalue weighted by Gasteiger charge is -2.29. The van der Waals surface area contributed by atoms with Crippen LogP contribution in [0, 0.1) is 0 Å². The summed E-state index contributed by atoms with van der Waals surface area (Å²) in [6.07, 6.45) is 4.49. The summed E-state index contributed by atoms with van der Waals surface area (Å²) in [6, 6.07) is 1.87. The highest BCUT2D eigenvalue weighted by atomic mass is 32.2. The molecule has 1 heterocycles. The summed E-state index contributed by atoms with van der Waals surface area (Å²) in [4.78, 5) is 12.1. The van der Waals surface area contributed by atoms with Crippen LogP contribution in [0.4, 0.5) is 0 Å². The van der Waals surface area contributed by atoms with Gasteiger partial charge in [0, 0.05) is 28.1 Å². The number of carbonyl (C=O) groups is 1. The van der Waals surface area contributed by atoms with Gasteiger partial charge < -0.3 is 11.1 Å². The van der Waals surface area contributed by atoms with E-state index in [9.17, 15) is 4.79 Å². The number of hydrogen-bond acceptors (Lipinski definition) is 4. The fraction of sp³-hybridized carbons (Fsp3) is 0.615. The summed E-state index contributed by atoms with van der Waals surface area (Å²) >= 11 is 3.51. The molecule has 0 atom stereocenters. The van der Waals surface area contributed by atoms with Crippen LogP contribution in [0.1, 0.15) is 41.9 Å². The first kappa shape index (κ1) is 15.5. The molecular weight excluding hydrogens is 264 g/mol. The van der Waals surface area contributed by atoms with Crippen LogP contribution in [-0.4, -0.2) is 23.5 Å². The first-order chi connectivity index (χ1) is 8.56. The molecule has 0 bridgehead atoms. The van der Waals surface area contributed by atoms with E-state index in [1.165, 1.54) is 0 Å². The number of rotatable bonds is 8. The Bertz CT molecular complexity index is 378. The van der Waals surface area contributed by atoms with Gasteiger partial charge in [-0.3, -0.25) is 4.79 Å². The number of hydrogen-bond donors (Lipinski definition) is 2. The Labute approximate surface area is 118 Å². The molecule has 102 valence electrons. The van der Waals surface area contributed by atoms with Crippen molar-refractivity contribution in [3.8, 4) is 0 Å². The fourth-order valence-corrected chi connectivity index (χ4v) is 3.54. The van der Waals surface area contributed by atoms with Gasteiger partial charge in [0.05, 0.1) is 5.56 Å². The van der Waals surface area contributed by atoms with Gasteiger partial charge in [0.15, 0.2) is 0 Å². The second kappa shape index (κ2) is 7.16. The van der Waals surface area contributed by atoms with Crippen molar-refractivity contribution >= 4 is 29.0 Å². The molecule has 3 nitrogen and oxygen atoms in total. The maximum Gasteiger partial charge on any atom is 0.249 e. The van der Waals surface area contributed by atoms with Gasteiger partial charge in [0.1, 0.15) is 0 Å². The number of thiophene rings is 1. The van der Waals surface area contributed by atoms with E-state index < -0.39 is 0 Å². The third-order valence-corrected chi connectivity index (χ3v) is 5.93. The fourth-order valence-electron chi connectivity index (χ4n) is 1.88. The summed E-state index contributed by atoms with van der Waals surface area (Å²) in [6.45, 7) is 6.27. The molecule has 0 radical (unpaired) electrons. The van der Waals surface area contributed by atoms with E-state index in [4.69, 9.17) is 5.73 Å². The number of primary amides is 1. The maximum atomic E-state index is 11.0. The number of carbonyl (C=O) groups excluding carboxylic acids is 1. The van der Waals surface area contributed by atoms with Gasteiger partial charge in [-0.2, -0.15) is 11.8 Å². The summed E-state index contributed by atoms with van der Waals surface area (Å²) < 4.78 is 0.323. The molecule has 0 fully saturated rings. The average molecular weight is 286 g/mol. The first-order valence-corrected chi connectivity index (χ1v) is 8.30. The van der Waals surface area contributed by atoms with Gasteiger partial charge in [-0.25, -0.2) is 0 Å². The highest BCUT2D eigenvalue weighted by molar-refractivity contribution is 8.00. The highest BCUT2D eigenvalue weighted by Gasteiger charge is 2.24. The van der Waals surface area contributed by atoms with Crippen LogP contribution in [-0.2, 0) is 6.54 Å². The van der Waals surface area contributed by atoms with E-state index in [-0.39, 0.29) is 5.91 Å². The molecule has 0 aliphatic carbocycles. The molecule has 0 unspecified atom stereocenters. The van der Waals surface area contributed by atoms with Crippen molar-refractivity contribution in [1.82, 2.24) is 5.32 Å². The second-order valence-electron chi connectivity index (χ2n) is 4.36. The molecule has 0 aliphatic rings. The van der Waals surface area contributed by atoms with E-state index in [2.05, 4.69) is 25.4 Å². The largest absolute Gasteiger partial charge is 0.366 e. The Morgan fingerprint density at radius 1 is 1.50 bits per heavy atom. The molecule has 0 aromatic carbocycles. The molecule has 18 heavy (non-hydrogen) atoms. The Hall–Kier alpha value is -0.520. The quantitative estimate of drug-likeness (QED) is 0.772. The zero-order valence-electron chi connectivity index (χ0n) is 11.3. The topological polar surface area (TPSA) is 55.1 Å². The first-order valence-electron chi connectivity index (χ1n) is 6.20. The van der Waals surface area contributed by atoms with Gasteiger partial charge in [-0.05, 0) is 25.2 Å². The number of nitrogens with one attached hydrogen (secondary N) is 1. The molecular formula is C13H22N2OS2.